The van der Waals surface area contributed by atoms with E-state index in [1.54, 1.807) is 0 Å². The average molecular weight is 245 g/mol. The summed E-state index contributed by atoms with van der Waals surface area (Å²) in [6, 6.07) is 8.17. The van der Waals surface area contributed by atoms with Gasteiger partial charge in [-0.2, -0.15) is 0 Å². The molecule has 1 heteroatoms. The van der Waals surface area contributed by atoms with Gasteiger partial charge in [0.1, 0.15) is 0 Å². The van der Waals surface area contributed by atoms with E-state index in [2.05, 4.69) is 41.6 Å². The molecule has 0 aromatic heterocycles. The van der Waals surface area contributed by atoms with Crippen molar-refractivity contribution < 1.29 is 1.37 Å². The average Bonchev–Trinajstić information content (AvgIpc) is 2.05. The number of halogens is 1. The molecule has 0 aliphatic heterocycles. The molecular formula is C9H9I. The second-order valence-electron chi connectivity index (χ2n) is 2.21. The van der Waals surface area contributed by atoms with Crippen LogP contribution in [0.25, 0.3) is 3.58 Å². The fraction of sp³-hybridized carbons (Fsp3) is 0.111. The predicted octanol–water partition coefficient (Wildman–Crippen LogP) is 3.40. The van der Waals surface area contributed by atoms with Gasteiger partial charge in [-0.1, -0.05) is 36.4 Å². The molecule has 10 heavy (non-hydrogen) atoms. The zero-order valence-electron chi connectivity index (χ0n) is 6.76. The summed E-state index contributed by atoms with van der Waals surface area (Å²) in [5.41, 5.74) is 2.37. The second kappa shape index (κ2) is 3.19. The van der Waals surface area contributed by atoms with Crippen molar-refractivity contribution in [1.82, 2.24) is 0 Å². The Hall–Kier alpha value is -0.310. The molecule has 52 valence electrons. The SMILES string of the molecule is [2H]C=C(I)c1ccc(C)cc1. The minimum atomic E-state index is 0.975. The van der Waals surface area contributed by atoms with E-state index in [1.165, 1.54) is 12.1 Å². The number of hydrogen-bond donors (Lipinski definition) is 0. The van der Waals surface area contributed by atoms with Crippen LogP contribution in [0, 0.1) is 6.92 Å². The number of benzene rings is 1. The molecule has 1 rings (SSSR count). The molecular weight excluding hydrogens is 235 g/mol. The molecule has 0 spiro atoms. The molecule has 0 radical (unpaired) electrons. The maximum absolute atomic E-state index is 7.03. The molecule has 0 bridgehead atoms. The van der Waals surface area contributed by atoms with Crippen molar-refractivity contribution in [2.75, 3.05) is 0 Å². The summed E-state index contributed by atoms with van der Waals surface area (Å²) in [5.74, 6) is 0. The summed E-state index contributed by atoms with van der Waals surface area (Å²) in [6.07, 6.45) is 0. The Morgan fingerprint density at radius 3 is 2.60 bits per heavy atom. The Bertz CT molecular complexity index is 261. The molecule has 0 saturated carbocycles. The molecule has 0 saturated heterocycles. The molecule has 0 unspecified atom stereocenters. The number of rotatable bonds is 1. The third-order valence-electron chi connectivity index (χ3n) is 1.33. The third kappa shape index (κ3) is 1.84. The second-order valence-corrected chi connectivity index (χ2v) is 3.38. The van der Waals surface area contributed by atoms with Crippen molar-refractivity contribution in [3.63, 3.8) is 0 Å². The highest BCUT2D eigenvalue weighted by atomic mass is 127. The zero-order chi connectivity index (χ0) is 8.27. The number of aryl methyl sites for hydroxylation is 1. The molecule has 0 aliphatic carbocycles. The molecule has 1 aromatic rings. The van der Waals surface area contributed by atoms with Crippen LogP contribution in [0.4, 0.5) is 0 Å². The van der Waals surface area contributed by atoms with Crippen LogP contribution >= 0.6 is 22.6 Å². The van der Waals surface area contributed by atoms with E-state index in [0.29, 0.717) is 0 Å². The molecule has 0 atom stereocenters. The van der Waals surface area contributed by atoms with Crippen LogP contribution in [0.3, 0.4) is 0 Å². The van der Waals surface area contributed by atoms with Gasteiger partial charge in [0.15, 0.2) is 0 Å². The van der Waals surface area contributed by atoms with Gasteiger partial charge in [-0.05, 0) is 35.1 Å². The Labute approximate surface area is 76.5 Å². The molecule has 0 aliphatic rings. The fourth-order valence-electron chi connectivity index (χ4n) is 0.713. The van der Waals surface area contributed by atoms with Crippen LogP contribution in [-0.4, -0.2) is 0 Å². The Morgan fingerprint density at radius 2 is 2.10 bits per heavy atom. The highest BCUT2D eigenvalue weighted by Crippen LogP contribution is 2.18. The van der Waals surface area contributed by atoms with Gasteiger partial charge in [-0.25, -0.2) is 0 Å². The topological polar surface area (TPSA) is 0 Å². The quantitative estimate of drug-likeness (QED) is 0.665. The van der Waals surface area contributed by atoms with Gasteiger partial charge >= 0.3 is 0 Å². The molecule has 0 fully saturated rings. The molecule has 0 amide bonds. The van der Waals surface area contributed by atoms with Crippen molar-refractivity contribution in [1.29, 1.82) is 0 Å². The van der Waals surface area contributed by atoms with Gasteiger partial charge in [0.25, 0.3) is 0 Å². The number of hydrogen-bond acceptors (Lipinski definition) is 0. The first-order valence-electron chi connectivity index (χ1n) is 3.63. The lowest BCUT2D eigenvalue weighted by Gasteiger charge is -1.96. The van der Waals surface area contributed by atoms with Crippen LogP contribution < -0.4 is 0 Å². The van der Waals surface area contributed by atoms with Crippen LogP contribution in [0.15, 0.2) is 30.8 Å². The van der Waals surface area contributed by atoms with Gasteiger partial charge in [-0.15, -0.1) is 0 Å². The first-order chi connectivity index (χ1) is 5.24. The van der Waals surface area contributed by atoms with E-state index in [0.717, 1.165) is 9.14 Å². The van der Waals surface area contributed by atoms with Crippen LogP contribution in [0.1, 0.15) is 12.5 Å². The Balaban J connectivity index is 2.99. The minimum absolute atomic E-state index is 0.975. The van der Waals surface area contributed by atoms with E-state index in [-0.39, 0.29) is 0 Å². The summed E-state index contributed by atoms with van der Waals surface area (Å²) in [6.45, 7) is 3.42. The van der Waals surface area contributed by atoms with Gasteiger partial charge < -0.3 is 0 Å². The standard InChI is InChI=1S/C9H9I/c1-7-3-5-9(6-4-7)8(2)10/h3-6H,2H2,1H3/i2D. The van der Waals surface area contributed by atoms with Crippen LogP contribution in [0.5, 0.6) is 0 Å². The third-order valence-corrected chi connectivity index (χ3v) is 1.95. The summed E-state index contributed by atoms with van der Waals surface area (Å²) in [5, 5.41) is 0. The summed E-state index contributed by atoms with van der Waals surface area (Å²) in [7, 11) is 0. The van der Waals surface area contributed by atoms with E-state index >= 15 is 0 Å². The van der Waals surface area contributed by atoms with Crippen LogP contribution in [0.2, 0.25) is 0 Å². The van der Waals surface area contributed by atoms with E-state index in [9.17, 15) is 0 Å². The highest BCUT2D eigenvalue weighted by Gasteiger charge is 1.91. The van der Waals surface area contributed by atoms with Crippen molar-refractivity contribution in [3.8, 4) is 0 Å². The molecule has 0 heterocycles. The molecule has 1 aromatic carbocycles. The Morgan fingerprint density at radius 1 is 1.50 bits per heavy atom. The minimum Gasteiger partial charge on any atom is -0.0850 e. The van der Waals surface area contributed by atoms with E-state index < -0.39 is 0 Å². The summed E-state index contributed by atoms with van der Waals surface area (Å²) < 4.78 is 8.00. The zero-order valence-corrected chi connectivity index (χ0v) is 7.92. The van der Waals surface area contributed by atoms with E-state index in [1.807, 2.05) is 12.1 Å². The highest BCUT2D eigenvalue weighted by molar-refractivity contribution is 14.1. The van der Waals surface area contributed by atoms with Crippen molar-refractivity contribution in [3.05, 3.63) is 41.9 Å². The van der Waals surface area contributed by atoms with Crippen molar-refractivity contribution in [2.45, 2.75) is 6.92 Å². The fourth-order valence-corrected chi connectivity index (χ4v) is 1.07. The first-order valence-corrected chi connectivity index (χ1v) is 4.13. The molecule has 0 nitrogen and oxygen atoms in total. The Kier molecular flexibility index (Phi) is 2.04. The lowest BCUT2D eigenvalue weighted by molar-refractivity contribution is 1.46. The maximum atomic E-state index is 7.03. The van der Waals surface area contributed by atoms with Gasteiger partial charge in [0.2, 0.25) is 0 Å². The van der Waals surface area contributed by atoms with Gasteiger partial charge in [-0.3, -0.25) is 0 Å². The van der Waals surface area contributed by atoms with Gasteiger partial charge in [0.05, 0.1) is 1.37 Å². The normalized spacial score (nSPS) is 13.0. The smallest absolute Gasteiger partial charge is 0.0549 e. The van der Waals surface area contributed by atoms with Gasteiger partial charge in [0, 0.05) is 3.58 Å². The lowest BCUT2D eigenvalue weighted by atomic mass is 10.2. The van der Waals surface area contributed by atoms with Crippen molar-refractivity contribution >= 4 is 26.2 Å². The lowest BCUT2D eigenvalue weighted by Crippen LogP contribution is -1.74. The van der Waals surface area contributed by atoms with Crippen molar-refractivity contribution in [2.24, 2.45) is 0 Å². The monoisotopic (exact) mass is 245 g/mol. The van der Waals surface area contributed by atoms with E-state index in [4.69, 9.17) is 1.37 Å². The summed E-state index contributed by atoms with van der Waals surface area (Å²) in [4.78, 5) is 0. The first kappa shape index (κ1) is 6.40. The largest absolute Gasteiger partial charge is 0.0850 e. The molecule has 0 N–H and O–H groups in total. The van der Waals surface area contributed by atoms with Crippen LogP contribution in [-0.2, 0) is 0 Å². The maximum Gasteiger partial charge on any atom is 0.0549 e. The predicted molar refractivity (Wildman–Crippen MR) is 54.2 cm³/mol. The summed E-state index contributed by atoms with van der Waals surface area (Å²) >= 11 is 2.16.